The number of hydrogen-bond donors (Lipinski definition) is 1. The van der Waals surface area contributed by atoms with Crippen molar-refractivity contribution in [1.29, 1.82) is 5.26 Å². The molecule has 0 aliphatic rings. The third kappa shape index (κ3) is 1.51. The molecule has 1 aromatic heterocycles. The van der Waals surface area contributed by atoms with Crippen LogP contribution in [0.15, 0.2) is 18.3 Å². The number of carbonyl (C=O) groups is 1. The Morgan fingerprint density at radius 2 is 2.31 bits per heavy atom. The van der Waals surface area contributed by atoms with Gasteiger partial charge < -0.3 is 9.72 Å². The van der Waals surface area contributed by atoms with Gasteiger partial charge in [0.1, 0.15) is 5.75 Å². The Labute approximate surface area is 96.4 Å². The predicted octanol–water partition coefficient (Wildman–Crippen LogP) is 2.43. The van der Waals surface area contributed by atoms with Crippen LogP contribution in [0.4, 0.5) is 0 Å². The summed E-state index contributed by atoms with van der Waals surface area (Å²) in [5.74, 6) is 0.458. The van der Waals surface area contributed by atoms with E-state index in [-0.39, 0.29) is 0 Å². The summed E-state index contributed by atoms with van der Waals surface area (Å²) in [4.78, 5) is 14.1. The van der Waals surface area contributed by atoms with Crippen molar-refractivity contribution in [1.82, 2.24) is 4.98 Å². The average Bonchev–Trinajstić information content (AvgIpc) is 2.71. The number of benzene rings is 1. The molecule has 0 fully saturated rings. The van der Waals surface area contributed by atoms with Crippen LogP contribution in [0.5, 0.6) is 5.75 Å². The Morgan fingerprint density at radius 3 is 2.88 bits per heavy atom. The van der Waals surface area contributed by atoms with E-state index in [0.29, 0.717) is 27.8 Å². The highest BCUT2D eigenvalue weighted by molar-refractivity contribution is 6.68. The first kappa shape index (κ1) is 10.5. The maximum Gasteiger partial charge on any atom is 0.254 e. The van der Waals surface area contributed by atoms with E-state index in [1.54, 1.807) is 12.1 Å². The Morgan fingerprint density at radius 1 is 1.56 bits per heavy atom. The van der Waals surface area contributed by atoms with Crippen LogP contribution >= 0.6 is 11.6 Å². The lowest BCUT2D eigenvalue weighted by molar-refractivity contribution is 0.108. The molecule has 2 rings (SSSR count). The Bertz CT molecular complexity index is 610. The van der Waals surface area contributed by atoms with Crippen molar-refractivity contribution in [2.24, 2.45) is 0 Å². The van der Waals surface area contributed by atoms with Crippen molar-refractivity contribution < 1.29 is 9.53 Å². The van der Waals surface area contributed by atoms with Gasteiger partial charge in [0.15, 0.2) is 0 Å². The van der Waals surface area contributed by atoms with Gasteiger partial charge in [0.25, 0.3) is 5.24 Å². The lowest BCUT2D eigenvalue weighted by Gasteiger charge is -2.03. The molecular formula is C11H7ClN2O2. The molecule has 0 aliphatic carbocycles. The first-order valence-corrected chi connectivity index (χ1v) is 4.84. The van der Waals surface area contributed by atoms with Gasteiger partial charge in [-0.2, -0.15) is 5.26 Å². The van der Waals surface area contributed by atoms with Gasteiger partial charge in [-0.15, -0.1) is 0 Å². The molecule has 0 bridgehead atoms. The molecule has 1 N–H and O–H groups in total. The van der Waals surface area contributed by atoms with Crippen molar-refractivity contribution >= 4 is 27.7 Å². The normalized spacial score (nSPS) is 10.1. The number of nitrogens with zero attached hydrogens (tertiary/aromatic N) is 1. The molecule has 2 aromatic rings. The fourth-order valence-corrected chi connectivity index (χ4v) is 1.76. The van der Waals surface area contributed by atoms with Gasteiger partial charge in [0.2, 0.25) is 0 Å². The van der Waals surface area contributed by atoms with E-state index in [9.17, 15) is 4.79 Å². The van der Waals surface area contributed by atoms with Gasteiger partial charge in [-0.1, -0.05) is 0 Å². The highest BCUT2D eigenvalue weighted by Gasteiger charge is 2.15. The lowest BCUT2D eigenvalue weighted by atomic mass is 10.1. The Hall–Kier alpha value is -1.99. The van der Waals surface area contributed by atoms with Gasteiger partial charge in [-0.05, 0) is 23.7 Å². The van der Waals surface area contributed by atoms with E-state index in [1.165, 1.54) is 13.3 Å². The number of aromatic amines is 1. The topological polar surface area (TPSA) is 65.9 Å². The van der Waals surface area contributed by atoms with Gasteiger partial charge in [0.05, 0.1) is 35.2 Å². The second-order valence-corrected chi connectivity index (χ2v) is 3.53. The van der Waals surface area contributed by atoms with Crippen molar-refractivity contribution in [3.05, 3.63) is 29.5 Å². The fraction of sp³-hybridized carbons (Fsp3) is 0.0909. The van der Waals surface area contributed by atoms with Crippen LogP contribution in [-0.2, 0) is 0 Å². The molecule has 0 saturated carbocycles. The summed E-state index contributed by atoms with van der Waals surface area (Å²) in [6.45, 7) is 0. The van der Waals surface area contributed by atoms with Crippen LogP contribution in [0, 0.1) is 11.3 Å². The molecule has 0 amide bonds. The highest BCUT2D eigenvalue weighted by atomic mass is 35.5. The zero-order valence-corrected chi connectivity index (χ0v) is 9.13. The molecule has 0 aliphatic heterocycles. The third-order valence-corrected chi connectivity index (χ3v) is 2.51. The Balaban J connectivity index is 2.83. The second-order valence-electron chi connectivity index (χ2n) is 3.19. The van der Waals surface area contributed by atoms with E-state index in [4.69, 9.17) is 21.6 Å². The van der Waals surface area contributed by atoms with Crippen molar-refractivity contribution in [2.75, 3.05) is 7.11 Å². The number of hydrogen-bond acceptors (Lipinski definition) is 3. The summed E-state index contributed by atoms with van der Waals surface area (Å²) in [7, 11) is 1.48. The van der Waals surface area contributed by atoms with Crippen molar-refractivity contribution in [2.45, 2.75) is 0 Å². The molecule has 4 nitrogen and oxygen atoms in total. The number of methoxy groups -OCH3 is 1. The number of carbonyl (C=O) groups excluding carboxylic acids is 1. The van der Waals surface area contributed by atoms with Crippen LogP contribution in [0.1, 0.15) is 15.9 Å². The SMILES string of the molecule is COc1cc(C#N)cc2[nH]cc(C(=O)Cl)c12. The molecular weight excluding hydrogens is 228 g/mol. The molecule has 80 valence electrons. The first-order valence-electron chi connectivity index (χ1n) is 4.46. The molecule has 0 saturated heterocycles. The number of H-pyrrole nitrogens is 1. The average molecular weight is 235 g/mol. The molecule has 0 unspecified atom stereocenters. The number of ether oxygens (including phenoxy) is 1. The fourth-order valence-electron chi connectivity index (χ4n) is 1.61. The van der Waals surface area contributed by atoms with E-state index in [1.807, 2.05) is 6.07 Å². The zero-order chi connectivity index (χ0) is 11.7. The summed E-state index contributed by atoms with van der Waals surface area (Å²) < 4.78 is 5.14. The minimum atomic E-state index is -0.561. The van der Waals surface area contributed by atoms with Crippen LogP contribution in [-0.4, -0.2) is 17.3 Å². The predicted molar refractivity (Wildman–Crippen MR) is 59.7 cm³/mol. The zero-order valence-electron chi connectivity index (χ0n) is 8.37. The number of aromatic nitrogens is 1. The summed E-state index contributed by atoms with van der Waals surface area (Å²) in [6, 6.07) is 5.22. The minimum absolute atomic E-state index is 0.345. The van der Waals surface area contributed by atoms with Crippen LogP contribution < -0.4 is 4.74 Å². The second kappa shape index (κ2) is 3.87. The van der Waals surface area contributed by atoms with E-state index < -0.39 is 5.24 Å². The van der Waals surface area contributed by atoms with E-state index >= 15 is 0 Å². The monoisotopic (exact) mass is 234 g/mol. The largest absolute Gasteiger partial charge is 0.496 e. The quantitative estimate of drug-likeness (QED) is 0.812. The van der Waals surface area contributed by atoms with Crippen molar-refractivity contribution in [3.8, 4) is 11.8 Å². The van der Waals surface area contributed by atoms with Gasteiger partial charge in [-0.25, -0.2) is 0 Å². The molecule has 16 heavy (non-hydrogen) atoms. The summed E-state index contributed by atoms with van der Waals surface area (Å²) in [5, 5.41) is 8.86. The maximum atomic E-state index is 11.2. The number of rotatable bonds is 2. The molecule has 5 heteroatoms. The standard InChI is InChI=1S/C11H7ClN2O2/c1-16-9-3-6(4-13)2-8-10(9)7(5-14-8)11(12)15/h2-3,5,14H,1H3. The number of halogens is 1. The lowest BCUT2D eigenvalue weighted by Crippen LogP contribution is -1.90. The molecule has 1 heterocycles. The van der Waals surface area contributed by atoms with Gasteiger partial charge >= 0.3 is 0 Å². The third-order valence-electron chi connectivity index (χ3n) is 2.30. The number of nitriles is 1. The molecule has 0 atom stereocenters. The van der Waals surface area contributed by atoms with Gasteiger partial charge in [0, 0.05) is 6.20 Å². The van der Waals surface area contributed by atoms with Crippen LogP contribution in [0.2, 0.25) is 0 Å². The number of fused-ring (bicyclic) bond motifs is 1. The smallest absolute Gasteiger partial charge is 0.254 e. The van der Waals surface area contributed by atoms with E-state index in [2.05, 4.69) is 4.98 Å². The molecule has 1 aromatic carbocycles. The summed E-state index contributed by atoms with van der Waals surface area (Å²) >= 11 is 5.45. The summed E-state index contributed by atoms with van der Waals surface area (Å²) in [5.41, 5.74) is 1.46. The first-order chi connectivity index (χ1) is 7.67. The van der Waals surface area contributed by atoms with Gasteiger partial charge in [-0.3, -0.25) is 4.79 Å². The van der Waals surface area contributed by atoms with Crippen molar-refractivity contribution in [3.63, 3.8) is 0 Å². The molecule has 0 spiro atoms. The Kier molecular flexibility index (Phi) is 2.55. The van der Waals surface area contributed by atoms with E-state index in [0.717, 1.165) is 0 Å². The number of nitrogens with one attached hydrogen (secondary N) is 1. The van der Waals surface area contributed by atoms with Crippen LogP contribution in [0.25, 0.3) is 10.9 Å². The van der Waals surface area contributed by atoms with Crippen LogP contribution in [0.3, 0.4) is 0 Å². The maximum absolute atomic E-state index is 11.2. The summed E-state index contributed by atoms with van der Waals surface area (Å²) in [6.07, 6.45) is 1.50. The highest BCUT2D eigenvalue weighted by Crippen LogP contribution is 2.30. The molecule has 0 radical (unpaired) electrons. The minimum Gasteiger partial charge on any atom is -0.496 e.